The minimum atomic E-state index is -0.484. The summed E-state index contributed by atoms with van der Waals surface area (Å²) in [5.41, 5.74) is -0.484. The predicted molar refractivity (Wildman–Crippen MR) is 118 cm³/mol. The van der Waals surface area contributed by atoms with Crippen LogP contribution in [0.2, 0.25) is 0 Å². The van der Waals surface area contributed by atoms with Gasteiger partial charge in [-0.15, -0.1) is 24.0 Å². The Bertz CT molecular complexity index is 438. The molecule has 0 radical (unpaired) electrons. The fourth-order valence-electron chi connectivity index (χ4n) is 2.26. The number of carbonyl (C=O) groups is 1. The maximum Gasteiger partial charge on any atom is 0.410 e. The molecule has 0 aliphatic carbocycles. The Morgan fingerprint density at radius 3 is 2.67 bits per heavy atom. The highest BCUT2D eigenvalue weighted by molar-refractivity contribution is 14.0. The molecule has 1 aliphatic rings. The number of hydrogen-bond donors (Lipinski definition) is 2. The summed E-state index contributed by atoms with van der Waals surface area (Å²) in [6.45, 7) is 12.4. The van der Waals surface area contributed by atoms with Crippen molar-refractivity contribution >= 4 is 36.0 Å². The molecule has 9 heteroatoms. The quantitative estimate of drug-likeness (QED) is 0.219. The van der Waals surface area contributed by atoms with Crippen LogP contribution in [0.25, 0.3) is 0 Å². The third kappa shape index (κ3) is 13.1. The molecule has 1 unspecified atom stereocenters. The number of nitrogens with one attached hydrogen (secondary N) is 2. The molecule has 0 bridgehead atoms. The second-order valence-corrected chi connectivity index (χ2v) is 7.30. The van der Waals surface area contributed by atoms with E-state index in [1.54, 1.807) is 11.9 Å². The summed E-state index contributed by atoms with van der Waals surface area (Å²) in [7, 11) is 1.73. The molecule has 2 N–H and O–H groups in total. The van der Waals surface area contributed by atoms with Crippen molar-refractivity contribution in [2.75, 3.05) is 53.0 Å². The number of ether oxygens (including phenoxy) is 3. The van der Waals surface area contributed by atoms with Crippen LogP contribution in [0.3, 0.4) is 0 Å². The van der Waals surface area contributed by atoms with Gasteiger partial charge >= 0.3 is 6.09 Å². The molecule has 1 aliphatic heterocycles. The molecule has 1 atom stereocenters. The van der Waals surface area contributed by atoms with Gasteiger partial charge in [-0.1, -0.05) is 0 Å². The van der Waals surface area contributed by atoms with Gasteiger partial charge in [0.25, 0.3) is 0 Å². The largest absolute Gasteiger partial charge is 0.444 e. The number of carbonyl (C=O) groups excluding carboxylic acids is 1. The summed E-state index contributed by atoms with van der Waals surface area (Å²) >= 11 is 0. The van der Waals surface area contributed by atoms with Crippen molar-refractivity contribution in [3.05, 3.63) is 0 Å². The highest BCUT2D eigenvalue weighted by Gasteiger charge is 2.19. The van der Waals surface area contributed by atoms with E-state index in [9.17, 15) is 4.79 Å². The molecule has 1 amide bonds. The second-order valence-electron chi connectivity index (χ2n) is 7.30. The Hall–Kier alpha value is -0.810. The third-order valence-corrected chi connectivity index (χ3v) is 3.60. The van der Waals surface area contributed by atoms with Crippen LogP contribution in [0.15, 0.2) is 4.99 Å². The zero-order valence-electron chi connectivity index (χ0n) is 17.4. The highest BCUT2D eigenvalue weighted by atomic mass is 127. The zero-order valence-corrected chi connectivity index (χ0v) is 19.7. The summed E-state index contributed by atoms with van der Waals surface area (Å²) in [6, 6.07) is 0. The van der Waals surface area contributed by atoms with Gasteiger partial charge in [0.1, 0.15) is 5.60 Å². The summed E-state index contributed by atoms with van der Waals surface area (Å²) in [5, 5.41) is 6.43. The number of hydrogen-bond acceptors (Lipinski definition) is 5. The average Bonchev–Trinajstić information content (AvgIpc) is 3.06. The minimum absolute atomic E-state index is 0. The Balaban J connectivity index is 0.00000676. The van der Waals surface area contributed by atoms with Crippen molar-refractivity contribution in [3.63, 3.8) is 0 Å². The summed E-state index contributed by atoms with van der Waals surface area (Å²) in [6.07, 6.45) is 1.77. The molecule has 8 nitrogen and oxygen atoms in total. The number of nitrogens with zero attached hydrogens (tertiary/aromatic N) is 2. The molecule has 27 heavy (non-hydrogen) atoms. The topological polar surface area (TPSA) is 84.4 Å². The number of halogens is 1. The lowest BCUT2D eigenvalue weighted by Crippen LogP contribution is -2.43. The molecule has 160 valence electrons. The van der Waals surface area contributed by atoms with Crippen LogP contribution in [-0.4, -0.2) is 81.7 Å². The summed E-state index contributed by atoms with van der Waals surface area (Å²) < 4.78 is 16.3. The monoisotopic (exact) mass is 500 g/mol. The highest BCUT2D eigenvalue weighted by Crippen LogP contribution is 2.09. The summed E-state index contributed by atoms with van der Waals surface area (Å²) in [4.78, 5) is 18.0. The van der Waals surface area contributed by atoms with Gasteiger partial charge < -0.3 is 29.7 Å². The van der Waals surface area contributed by atoms with Crippen LogP contribution in [0.5, 0.6) is 0 Å². The molecule has 0 aromatic heterocycles. The number of rotatable bonds is 9. The van der Waals surface area contributed by atoms with Crippen LogP contribution >= 0.6 is 24.0 Å². The fourth-order valence-corrected chi connectivity index (χ4v) is 2.26. The molecule has 0 aromatic carbocycles. The zero-order chi connectivity index (χ0) is 19.4. The third-order valence-electron chi connectivity index (χ3n) is 3.60. The molecule has 1 fully saturated rings. The van der Waals surface area contributed by atoms with Crippen LogP contribution in [0.1, 0.15) is 40.5 Å². The minimum Gasteiger partial charge on any atom is -0.444 e. The van der Waals surface area contributed by atoms with Crippen molar-refractivity contribution < 1.29 is 19.0 Å². The summed E-state index contributed by atoms with van der Waals surface area (Å²) in [5.74, 6) is 0.745. The van der Waals surface area contributed by atoms with Gasteiger partial charge in [-0.05, 0) is 40.5 Å². The van der Waals surface area contributed by atoms with Crippen LogP contribution in [0, 0.1) is 0 Å². The molecule has 1 rings (SSSR count). The molecule has 0 spiro atoms. The Morgan fingerprint density at radius 1 is 1.33 bits per heavy atom. The molecule has 1 saturated heterocycles. The van der Waals surface area contributed by atoms with Crippen LogP contribution in [0.4, 0.5) is 4.79 Å². The number of guanidine groups is 1. The van der Waals surface area contributed by atoms with E-state index in [1.807, 2.05) is 27.7 Å². The van der Waals surface area contributed by atoms with Crippen molar-refractivity contribution in [2.45, 2.75) is 52.2 Å². The smallest absolute Gasteiger partial charge is 0.410 e. The van der Waals surface area contributed by atoms with Crippen molar-refractivity contribution in [1.29, 1.82) is 0 Å². The first-order valence-electron chi connectivity index (χ1n) is 9.47. The van der Waals surface area contributed by atoms with Gasteiger partial charge in [0.2, 0.25) is 0 Å². The van der Waals surface area contributed by atoms with E-state index in [1.165, 1.54) is 0 Å². The number of likely N-dealkylation sites (N-methyl/N-ethyl adjacent to an activating group) is 1. The predicted octanol–water partition coefficient (Wildman–Crippen LogP) is 2.22. The SMILES string of the molecule is CCNC(=NCCCOC1CCOC1)NCCN(C)C(=O)OC(C)(C)C.I. The van der Waals surface area contributed by atoms with Gasteiger partial charge in [0, 0.05) is 46.4 Å². The van der Waals surface area contributed by atoms with Crippen LogP contribution in [-0.2, 0) is 14.2 Å². The lowest BCUT2D eigenvalue weighted by Gasteiger charge is -2.24. The Kier molecular flexibility index (Phi) is 13.8. The molecular weight excluding hydrogens is 463 g/mol. The molecule has 0 saturated carbocycles. The van der Waals surface area contributed by atoms with Crippen molar-refractivity contribution in [2.24, 2.45) is 4.99 Å². The second kappa shape index (κ2) is 14.2. The number of amides is 1. The first-order chi connectivity index (χ1) is 12.3. The van der Waals surface area contributed by atoms with Gasteiger partial charge in [-0.25, -0.2) is 4.79 Å². The van der Waals surface area contributed by atoms with E-state index < -0.39 is 5.60 Å². The maximum atomic E-state index is 11.9. The fraction of sp³-hybridized carbons (Fsp3) is 0.889. The van der Waals surface area contributed by atoms with Gasteiger partial charge in [0.05, 0.1) is 12.7 Å². The van der Waals surface area contributed by atoms with E-state index in [-0.39, 0.29) is 36.2 Å². The molecular formula is C18H37IN4O4. The molecule has 0 aromatic rings. The van der Waals surface area contributed by atoms with Crippen molar-refractivity contribution in [1.82, 2.24) is 15.5 Å². The molecule has 1 heterocycles. The van der Waals surface area contributed by atoms with Crippen molar-refractivity contribution in [3.8, 4) is 0 Å². The van der Waals surface area contributed by atoms with E-state index >= 15 is 0 Å². The first-order valence-corrected chi connectivity index (χ1v) is 9.47. The van der Waals surface area contributed by atoms with E-state index in [4.69, 9.17) is 14.2 Å². The van der Waals surface area contributed by atoms with Gasteiger partial charge in [0.15, 0.2) is 5.96 Å². The van der Waals surface area contributed by atoms with Gasteiger partial charge in [-0.2, -0.15) is 0 Å². The average molecular weight is 500 g/mol. The van der Waals surface area contributed by atoms with Gasteiger partial charge in [-0.3, -0.25) is 4.99 Å². The van der Waals surface area contributed by atoms with E-state index in [0.29, 0.717) is 32.8 Å². The standard InChI is InChI=1S/C18H36N4O4.HI/c1-6-19-16(20-9-7-12-25-15-8-13-24-14-15)21-10-11-22(5)17(23)26-18(2,3)4;/h15H,6-14H2,1-5H3,(H2,19,20,21);1H. The number of aliphatic imine (C=N–C) groups is 1. The Morgan fingerprint density at radius 2 is 2.07 bits per heavy atom. The Labute approximate surface area is 180 Å². The normalized spacial score (nSPS) is 17.2. The lowest BCUT2D eigenvalue weighted by atomic mass is 10.2. The van der Waals surface area contributed by atoms with E-state index in [0.717, 1.165) is 32.0 Å². The maximum absolute atomic E-state index is 11.9. The van der Waals surface area contributed by atoms with E-state index in [2.05, 4.69) is 15.6 Å². The lowest BCUT2D eigenvalue weighted by molar-refractivity contribution is 0.0302. The van der Waals surface area contributed by atoms with Crippen LogP contribution < -0.4 is 10.6 Å². The first kappa shape index (κ1) is 26.2.